The van der Waals surface area contributed by atoms with E-state index in [1.807, 2.05) is 6.07 Å². The number of benzene rings is 8. The first-order valence-electron chi connectivity index (χ1n) is 18.6. The van der Waals surface area contributed by atoms with Crippen LogP contribution >= 0.6 is 0 Å². The maximum atomic E-state index is 6.57. The first-order chi connectivity index (χ1) is 26.8. The number of nitrogens with zero attached hydrogens (tertiary/aromatic N) is 1. The van der Waals surface area contributed by atoms with Crippen LogP contribution in [-0.4, -0.2) is 5.84 Å². The molecule has 11 rings (SSSR count). The second-order valence-corrected chi connectivity index (χ2v) is 14.3. The van der Waals surface area contributed by atoms with Crippen LogP contribution in [0.3, 0.4) is 0 Å². The van der Waals surface area contributed by atoms with Gasteiger partial charge in [0.1, 0.15) is 29.7 Å². The third-order valence-corrected chi connectivity index (χ3v) is 11.4. The number of rotatable bonds is 4. The molecule has 1 spiro atoms. The van der Waals surface area contributed by atoms with Gasteiger partial charge in [-0.25, -0.2) is 4.99 Å². The highest BCUT2D eigenvalue weighted by Crippen LogP contribution is 2.63. The maximum Gasteiger partial charge on any atom is 0.132 e. The van der Waals surface area contributed by atoms with Crippen molar-refractivity contribution in [2.24, 2.45) is 4.99 Å². The minimum Gasteiger partial charge on any atom is -0.457 e. The van der Waals surface area contributed by atoms with Crippen molar-refractivity contribution in [3.05, 3.63) is 227 Å². The largest absolute Gasteiger partial charge is 0.457 e. The molecule has 3 aliphatic rings. The number of para-hydroxylation sites is 2. The van der Waals surface area contributed by atoms with Crippen molar-refractivity contribution in [2.45, 2.75) is 17.7 Å². The van der Waals surface area contributed by atoms with Gasteiger partial charge in [-0.1, -0.05) is 170 Å². The van der Waals surface area contributed by atoms with E-state index < -0.39 is 5.41 Å². The molecule has 2 unspecified atom stereocenters. The number of hydrogen-bond donors (Lipinski definition) is 2. The lowest BCUT2D eigenvalue weighted by atomic mass is 9.66. The van der Waals surface area contributed by atoms with Gasteiger partial charge in [-0.05, 0) is 73.5 Å². The van der Waals surface area contributed by atoms with Crippen LogP contribution in [0.4, 0.5) is 0 Å². The first-order valence-corrected chi connectivity index (χ1v) is 18.6. The van der Waals surface area contributed by atoms with Gasteiger partial charge in [0.15, 0.2) is 0 Å². The van der Waals surface area contributed by atoms with Crippen LogP contribution < -0.4 is 15.4 Å². The molecule has 0 aromatic heterocycles. The second-order valence-electron chi connectivity index (χ2n) is 14.3. The Morgan fingerprint density at radius 3 is 1.94 bits per heavy atom. The summed E-state index contributed by atoms with van der Waals surface area (Å²) in [4.78, 5) is 5.27. The van der Waals surface area contributed by atoms with Crippen molar-refractivity contribution < 1.29 is 4.74 Å². The van der Waals surface area contributed by atoms with Gasteiger partial charge in [0.05, 0.1) is 5.41 Å². The summed E-state index contributed by atoms with van der Waals surface area (Å²) in [5, 5.41) is 10.1. The Bertz CT molecular complexity index is 2740. The minimum atomic E-state index is -0.510. The fraction of sp³-hybridized carbons (Fsp3) is 0.0600. The Balaban J connectivity index is 1.07. The number of nitrogens with one attached hydrogen (secondary N) is 2. The van der Waals surface area contributed by atoms with E-state index in [1.165, 1.54) is 55.3 Å². The van der Waals surface area contributed by atoms with Gasteiger partial charge in [0.25, 0.3) is 0 Å². The Morgan fingerprint density at radius 2 is 1.11 bits per heavy atom. The highest BCUT2D eigenvalue weighted by atomic mass is 16.5. The van der Waals surface area contributed by atoms with Gasteiger partial charge in [0, 0.05) is 16.7 Å². The molecular formula is C50H35N3O. The molecule has 8 aromatic rings. The van der Waals surface area contributed by atoms with E-state index in [0.29, 0.717) is 0 Å². The van der Waals surface area contributed by atoms with Crippen molar-refractivity contribution in [3.63, 3.8) is 0 Å². The van der Waals surface area contributed by atoms with Crippen LogP contribution in [0.2, 0.25) is 0 Å². The molecule has 0 amide bonds. The molecule has 4 heteroatoms. The van der Waals surface area contributed by atoms with E-state index in [1.54, 1.807) is 0 Å². The highest BCUT2D eigenvalue weighted by Gasteiger charge is 2.51. The highest BCUT2D eigenvalue weighted by molar-refractivity contribution is 6.00. The molecule has 256 valence electrons. The van der Waals surface area contributed by atoms with E-state index >= 15 is 0 Å². The SMILES string of the molecule is c1ccc(C2=NC(c3cccc4ccccc34)NC(c3cccc(-c4cccc5c4-c4ccccc4C54c5ccccc5Oc5ccccc54)c3)N2)cc1. The molecule has 0 saturated carbocycles. The third-order valence-electron chi connectivity index (χ3n) is 11.4. The summed E-state index contributed by atoms with van der Waals surface area (Å²) in [6, 6.07) is 67.3. The van der Waals surface area contributed by atoms with E-state index in [-0.39, 0.29) is 12.3 Å². The molecule has 0 saturated heterocycles. The Morgan fingerprint density at radius 1 is 0.500 bits per heavy atom. The van der Waals surface area contributed by atoms with E-state index in [2.05, 4.69) is 193 Å². The second kappa shape index (κ2) is 12.2. The number of hydrogen-bond acceptors (Lipinski definition) is 4. The van der Waals surface area contributed by atoms with Crippen LogP contribution in [0.25, 0.3) is 33.0 Å². The van der Waals surface area contributed by atoms with Crippen LogP contribution in [0, 0.1) is 0 Å². The van der Waals surface area contributed by atoms with Gasteiger partial charge < -0.3 is 10.1 Å². The summed E-state index contributed by atoms with van der Waals surface area (Å²) in [6.45, 7) is 0. The number of aliphatic imine (C=N–C) groups is 1. The fourth-order valence-electron chi connectivity index (χ4n) is 9.15. The van der Waals surface area contributed by atoms with E-state index in [4.69, 9.17) is 9.73 Å². The predicted molar refractivity (Wildman–Crippen MR) is 218 cm³/mol. The Kier molecular flexibility index (Phi) is 6.94. The van der Waals surface area contributed by atoms with Crippen molar-refractivity contribution >= 4 is 16.6 Å². The zero-order chi connectivity index (χ0) is 35.6. The summed E-state index contributed by atoms with van der Waals surface area (Å²) >= 11 is 0. The van der Waals surface area contributed by atoms with E-state index in [0.717, 1.165) is 34.0 Å². The Labute approximate surface area is 314 Å². The standard InChI is InChI=1S/C50H35N3O/c1-2-16-33(17-3-1)47-51-48(53-49(52-47)38-24-13-18-32-15-4-5-21-36(32)38)35-20-12-19-34(31-35)37-23-14-28-43-46(37)39-22-6-7-25-40(39)50(43)41-26-8-10-29-44(41)54-45-30-11-9-27-42(45)50/h1-31,48-49,53H,(H,51,52). The van der Waals surface area contributed by atoms with Crippen molar-refractivity contribution in [2.75, 3.05) is 0 Å². The molecule has 2 N–H and O–H groups in total. The van der Waals surface area contributed by atoms with Crippen molar-refractivity contribution in [1.82, 2.24) is 10.6 Å². The molecule has 2 aliphatic heterocycles. The summed E-state index contributed by atoms with van der Waals surface area (Å²) < 4.78 is 6.57. The molecule has 2 heterocycles. The molecule has 54 heavy (non-hydrogen) atoms. The average molecular weight is 694 g/mol. The lowest BCUT2D eigenvalue weighted by molar-refractivity contribution is 0.410. The van der Waals surface area contributed by atoms with Crippen LogP contribution in [0.5, 0.6) is 11.5 Å². The number of amidine groups is 1. The third kappa shape index (κ3) is 4.57. The van der Waals surface area contributed by atoms with Gasteiger partial charge in [-0.3, -0.25) is 5.32 Å². The topological polar surface area (TPSA) is 45.7 Å². The monoisotopic (exact) mass is 693 g/mol. The average Bonchev–Trinajstić information content (AvgIpc) is 3.54. The molecule has 4 nitrogen and oxygen atoms in total. The first kappa shape index (κ1) is 30.8. The smallest absolute Gasteiger partial charge is 0.132 e. The molecule has 1 aliphatic carbocycles. The summed E-state index contributed by atoms with van der Waals surface area (Å²) in [6.07, 6.45) is -0.436. The lowest BCUT2D eigenvalue weighted by Gasteiger charge is -2.39. The normalized spacial score (nSPS) is 17.4. The molecular weight excluding hydrogens is 659 g/mol. The predicted octanol–water partition coefficient (Wildman–Crippen LogP) is 11.3. The maximum absolute atomic E-state index is 6.57. The molecule has 0 bridgehead atoms. The van der Waals surface area contributed by atoms with Crippen LogP contribution in [-0.2, 0) is 5.41 Å². The quantitative estimate of drug-likeness (QED) is 0.193. The van der Waals surface area contributed by atoms with Crippen LogP contribution in [0.1, 0.15) is 51.3 Å². The van der Waals surface area contributed by atoms with E-state index in [9.17, 15) is 0 Å². The van der Waals surface area contributed by atoms with Gasteiger partial charge in [-0.2, -0.15) is 0 Å². The molecule has 8 aromatic carbocycles. The number of ether oxygens (including phenoxy) is 1. The van der Waals surface area contributed by atoms with Gasteiger partial charge in [0.2, 0.25) is 0 Å². The zero-order valence-electron chi connectivity index (χ0n) is 29.4. The molecule has 0 fully saturated rings. The number of fused-ring (bicyclic) bond motifs is 10. The van der Waals surface area contributed by atoms with Crippen molar-refractivity contribution in [1.29, 1.82) is 0 Å². The fourth-order valence-corrected chi connectivity index (χ4v) is 9.15. The van der Waals surface area contributed by atoms with Gasteiger partial charge in [-0.15, -0.1) is 0 Å². The summed E-state index contributed by atoms with van der Waals surface area (Å²) in [5.74, 6) is 2.67. The molecule has 2 atom stereocenters. The lowest BCUT2D eigenvalue weighted by Crippen LogP contribution is -2.45. The van der Waals surface area contributed by atoms with Crippen molar-refractivity contribution in [3.8, 4) is 33.8 Å². The summed E-state index contributed by atoms with van der Waals surface area (Å²) in [7, 11) is 0. The van der Waals surface area contributed by atoms with Crippen LogP contribution in [0.15, 0.2) is 193 Å². The summed E-state index contributed by atoms with van der Waals surface area (Å²) in [5.41, 5.74) is 12.6. The zero-order valence-corrected chi connectivity index (χ0v) is 29.4. The minimum absolute atomic E-state index is 0.189. The Hall–Kier alpha value is -6.75. The van der Waals surface area contributed by atoms with Gasteiger partial charge >= 0.3 is 0 Å². The molecule has 0 radical (unpaired) electrons.